The number of hydrogen-bond donors (Lipinski definition) is 1. The predicted octanol–water partition coefficient (Wildman–Crippen LogP) is 4.05. The quantitative estimate of drug-likeness (QED) is 0.224. The summed E-state index contributed by atoms with van der Waals surface area (Å²) in [6.07, 6.45) is 4.94. The van der Waals surface area contributed by atoms with E-state index in [0.717, 1.165) is 43.1 Å². The number of nitrogens with zero attached hydrogens (tertiary/aromatic N) is 2. The molecule has 2 fully saturated rings. The lowest BCUT2D eigenvalue weighted by molar-refractivity contribution is 0.0536. The number of likely N-dealkylation sites (tertiary alicyclic amines) is 1. The molecule has 1 aromatic rings. The van der Waals surface area contributed by atoms with Gasteiger partial charge in [0.05, 0.1) is 19.8 Å². The van der Waals surface area contributed by atoms with E-state index in [1.807, 2.05) is 7.05 Å². The minimum atomic E-state index is 0. The number of nitrogens with one attached hydrogen (secondary N) is 1. The van der Waals surface area contributed by atoms with E-state index in [1.54, 1.807) is 7.11 Å². The Morgan fingerprint density at radius 3 is 2.82 bits per heavy atom. The van der Waals surface area contributed by atoms with E-state index >= 15 is 0 Å². The molecule has 0 aromatic heterocycles. The third-order valence-corrected chi connectivity index (χ3v) is 6.41. The van der Waals surface area contributed by atoms with Crippen LogP contribution in [0.2, 0.25) is 0 Å². The lowest BCUT2D eigenvalue weighted by Crippen LogP contribution is -2.49. The highest BCUT2D eigenvalue weighted by molar-refractivity contribution is 14.0. The summed E-state index contributed by atoms with van der Waals surface area (Å²) in [4.78, 5) is 6.92. The SMILES string of the molecule is CN=C(NCC1(c2cccc(Br)c2)CCC1)N1CCC(COCCOC)C1.I. The number of aliphatic imine (C=N–C) groups is 1. The molecule has 1 aliphatic carbocycles. The van der Waals surface area contributed by atoms with E-state index in [2.05, 4.69) is 55.4 Å². The predicted molar refractivity (Wildman–Crippen MR) is 129 cm³/mol. The fourth-order valence-corrected chi connectivity index (χ4v) is 4.52. The van der Waals surface area contributed by atoms with Gasteiger partial charge in [-0.25, -0.2) is 0 Å². The summed E-state index contributed by atoms with van der Waals surface area (Å²) >= 11 is 3.62. The van der Waals surface area contributed by atoms with Gasteiger partial charge in [0, 0.05) is 49.6 Å². The number of rotatable bonds is 8. The molecule has 28 heavy (non-hydrogen) atoms. The second-order valence-corrected chi connectivity index (χ2v) is 8.63. The molecule has 3 rings (SSSR count). The van der Waals surface area contributed by atoms with Crippen LogP contribution >= 0.6 is 39.9 Å². The van der Waals surface area contributed by atoms with Crippen molar-refractivity contribution >= 4 is 45.9 Å². The highest BCUT2D eigenvalue weighted by Crippen LogP contribution is 2.43. The Bertz CT molecular complexity index is 640. The molecule has 1 N–H and O–H groups in total. The fourth-order valence-electron chi connectivity index (χ4n) is 4.12. The average molecular weight is 566 g/mol. The number of halogens is 2. The second-order valence-electron chi connectivity index (χ2n) is 7.71. The molecule has 1 atom stereocenters. The Hall–Kier alpha value is -0.380. The van der Waals surface area contributed by atoms with Crippen molar-refractivity contribution in [1.82, 2.24) is 10.2 Å². The Kier molecular flexibility index (Phi) is 10.00. The molecule has 0 bridgehead atoms. The maximum absolute atomic E-state index is 5.71. The highest BCUT2D eigenvalue weighted by Gasteiger charge is 2.39. The van der Waals surface area contributed by atoms with E-state index < -0.39 is 0 Å². The molecule has 1 heterocycles. The van der Waals surface area contributed by atoms with Crippen LogP contribution < -0.4 is 5.32 Å². The number of ether oxygens (including phenoxy) is 2. The van der Waals surface area contributed by atoms with Gasteiger partial charge in [-0.3, -0.25) is 4.99 Å². The van der Waals surface area contributed by atoms with Crippen molar-refractivity contribution in [1.29, 1.82) is 0 Å². The molecular weight excluding hydrogens is 533 g/mol. The molecule has 1 saturated heterocycles. The van der Waals surface area contributed by atoms with Gasteiger partial charge in [0.25, 0.3) is 0 Å². The summed E-state index contributed by atoms with van der Waals surface area (Å²) in [5, 5.41) is 3.67. The molecule has 2 aliphatic rings. The Labute approximate surface area is 194 Å². The van der Waals surface area contributed by atoms with Crippen molar-refractivity contribution in [2.75, 3.05) is 53.6 Å². The molecule has 1 aromatic carbocycles. The summed E-state index contributed by atoms with van der Waals surface area (Å²) < 4.78 is 11.9. The fraction of sp³-hybridized carbons (Fsp3) is 0.667. The minimum absolute atomic E-state index is 0. The number of hydrogen-bond acceptors (Lipinski definition) is 3. The smallest absolute Gasteiger partial charge is 0.193 e. The first-order valence-corrected chi connectivity index (χ1v) is 10.7. The van der Waals surface area contributed by atoms with E-state index in [0.29, 0.717) is 19.1 Å². The van der Waals surface area contributed by atoms with Crippen molar-refractivity contribution in [3.05, 3.63) is 34.3 Å². The van der Waals surface area contributed by atoms with Gasteiger partial charge in [-0.2, -0.15) is 0 Å². The lowest BCUT2D eigenvalue weighted by atomic mass is 9.64. The van der Waals surface area contributed by atoms with Gasteiger partial charge in [0.15, 0.2) is 5.96 Å². The summed E-state index contributed by atoms with van der Waals surface area (Å²) in [6, 6.07) is 8.77. The minimum Gasteiger partial charge on any atom is -0.382 e. The van der Waals surface area contributed by atoms with Crippen molar-refractivity contribution in [3.8, 4) is 0 Å². The zero-order valence-corrected chi connectivity index (χ0v) is 20.9. The van der Waals surface area contributed by atoms with Crippen molar-refractivity contribution < 1.29 is 9.47 Å². The van der Waals surface area contributed by atoms with E-state index in [9.17, 15) is 0 Å². The van der Waals surface area contributed by atoms with Crippen LogP contribution in [0.1, 0.15) is 31.2 Å². The molecule has 1 aliphatic heterocycles. The number of benzene rings is 1. The van der Waals surface area contributed by atoms with Gasteiger partial charge in [-0.1, -0.05) is 34.5 Å². The van der Waals surface area contributed by atoms with Crippen molar-refractivity contribution in [2.45, 2.75) is 31.1 Å². The van der Waals surface area contributed by atoms with Gasteiger partial charge < -0.3 is 19.7 Å². The summed E-state index contributed by atoms with van der Waals surface area (Å²) in [5.74, 6) is 1.60. The maximum Gasteiger partial charge on any atom is 0.193 e. The molecule has 158 valence electrons. The highest BCUT2D eigenvalue weighted by atomic mass is 127. The Balaban J connectivity index is 0.00000280. The molecule has 0 radical (unpaired) electrons. The second kappa shape index (κ2) is 11.7. The van der Waals surface area contributed by atoms with Crippen LogP contribution in [0.15, 0.2) is 33.7 Å². The molecule has 5 nitrogen and oxygen atoms in total. The van der Waals surface area contributed by atoms with Crippen molar-refractivity contribution in [2.24, 2.45) is 10.9 Å². The van der Waals surface area contributed by atoms with Crippen LogP contribution in [0.5, 0.6) is 0 Å². The standard InChI is InChI=1S/C21H32BrN3O2.HI/c1-23-20(25-10-7-17(14-25)15-27-12-11-26-2)24-16-21(8-4-9-21)18-5-3-6-19(22)13-18;/h3,5-6,13,17H,4,7-12,14-16H2,1-2H3,(H,23,24);1H. The largest absolute Gasteiger partial charge is 0.382 e. The van der Waals surface area contributed by atoms with Gasteiger partial charge >= 0.3 is 0 Å². The van der Waals surface area contributed by atoms with Crippen LogP contribution in [-0.4, -0.2) is 64.5 Å². The Morgan fingerprint density at radius 1 is 1.36 bits per heavy atom. The topological polar surface area (TPSA) is 46.1 Å². The van der Waals surface area contributed by atoms with Gasteiger partial charge in [-0.15, -0.1) is 24.0 Å². The van der Waals surface area contributed by atoms with Gasteiger partial charge in [0.1, 0.15) is 0 Å². The molecular formula is C21H33BrIN3O2. The van der Waals surface area contributed by atoms with Crippen LogP contribution in [-0.2, 0) is 14.9 Å². The van der Waals surface area contributed by atoms with Crippen LogP contribution in [0.3, 0.4) is 0 Å². The summed E-state index contributed by atoms with van der Waals surface area (Å²) in [7, 11) is 3.59. The number of methoxy groups -OCH3 is 1. The monoisotopic (exact) mass is 565 g/mol. The first-order chi connectivity index (χ1) is 13.2. The zero-order chi connectivity index (χ0) is 19.1. The zero-order valence-electron chi connectivity index (χ0n) is 17.0. The third-order valence-electron chi connectivity index (χ3n) is 5.92. The van der Waals surface area contributed by atoms with E-state index in [-0.39, 0.29) is 29.4 Å². The van der Waals surface area contributed by atoms with Crippen LogP contribution in [0.4, 0.5) is 0 Å². The van der Waals surface area contributed by atoms with Gasteiger partial charge in [-0.05, 0) is 37.0 Å². The van der Waals surface area contributed by atoms with E-state index in [1.165, 1.54) is 24.8 Å². The van der Waals surface area contributed by atoms with Gasteiger partial charge in [0.2, 0.25) is 0 Å². The van der Waals surface area contributed by atoms with Crippen LogP contribution in [0, 0.1) is 5.92 Å². The van der Waals surface area contributed by atoms with Crippen molar-refractivity contribution in [3.63, 3.8) is 0 Å². The maximum atomic E-state index is 5.71. The Morgan fingerprint density at radius 2 is 2.18 bits per heavy atom. The summed E-state index contributed by atoms with van der Waals surface area (Å²) in [6.45, 7) is 5.14. The van der Waals surface area contributed by atoms with E-state index in [4.69, 9.17) is 9.47 Å². The third kappa shape index (κ3) is 6.06. The normalized spacial score (nSPS) is 21.2. The lowest BCUT2D eigenvalue weighted by Gasteiger charge is -2.43. The molecule has 0 amide bonds. The van der Waals surface area contributed by atoms with Crippen LogP contribution in [0.25, 0.3) is 0 Å². The molecule has 1 unspecified atom stereocenters. The average Bonchev–Trinajstić information content (AvgIpc) is 3.10. The number of guanidine groups is 1. The first-order valence-electron chi connectivity index (χ1n) is 9.95. The first kappa shape index (κ1) is 23.9. The molecule has 7 heteroatoms. The molecule has 0 spiro atoms. The summed E-state index contributed by atoms with van der Waals surface area (Å²) in [5.41, 5.74) is 1.67. The molecule has 1 saturated carbocycles.